The molecule has 1 rings (SSSR count). The van der Waals surface area contributed by atoms with Crippen LogP contribution in [0.5, 0.6) is 11.5 Å². The molecule has 1 aromatic rings. The molecule has 1 aromatic carbocycles. The van der Waals surface area contributed by atoms with Crippen LogP contribution in [0.4, 0.5) is 0 Å². The third kappa shape index (κ3) is 4.54. The fraction of sp³-hybridized carbons (Fsp3) is 0.417. The van der Waals surface area contributed by atoms with Crippen molar-refractivity contribution in [3.8, 4) is 11.5 Å². The standard InChI is InChI=1S/C12H16BrNO4/c1-16-7-6-14-11(15)8-18-10-5-3-4-9(17-2)12(10)13/h3-5H,6-8H2,1-2H3,(H,14,15). The fourth-order valence-corrected chi connectivity index (χ4v) is 1.79. The third-order valence-corrected chi connectivity index (χ3v) is 2.92. The van der Waals surface area contributed by atoms with Gasteiger partial charge in [0.25, 0.3) is 5.91 Å². The van der Waals surface area contributed by atoms with Gasteiger partial charge in [-0.05, 0) is 28.1 Å². The molecule has 100 valence electrons. The van der Waals surface area contributed by atoms with E-state index in [0.717, 1.165) is 0 Å². The predicted octanol–water partition coefficient (Wildman–Crippen LogP) is 1.60. The van der Waals surface area contributed by atoms with Crippen molar-refractivity contribution in [2.75, 3.05) is 34.0 Å². The average Bonchev–Trinajstić information content (AvgIpc) is 2.38. The summed E-state index contributed by atoms with van der Waals surface area (Å²) in [6.45, 7) is 0.905. The van der Waals surface area contributed by atoms with Crippen molar-refractivity contribution in [2.24, 2.45) is 0 Å². The summed E-state index contributed by atoms with van der Waals surface area (Å²) in [6, 6.07) is 5.35. The summed E-state index contributed by atoms with van der Waals surface area (Å²) >= 11 is 3.35. The normalized spacial score (nSPS) is 9.94. The first-order valence-corrected chi connectivity index (χ1v) is 6.19. The van der Waals surface area contributed by atoms with E-state index in [2.05, 4.69) is 21.2 Å². The zero-order valence-corrected chi connectivity index (χ0v) is 12.0. The number of hydrogen-bond acceptors (Lipinski definition) is 4. The van der Waals surface area contributed by atoms with Crippen LogP contribution in [0.15, 0.2) is 22.7 Å². The number of hydrogen-bond donors (Lipinski definition) is 1. The zero-order chi connectivity index (χ0) is 13.4. The molecule has 0 radical (unpaired) electrons. The van der Waals surface area contributed by atoms with E-state index < -0.39 is 0 Å². The molecule has 0 unspecified atom stereocenters. The molecular weight excluding hydrogens is 302 g/mol. The number of carbonyl (C=O) groups excluding carboxylic acids is 1. The molecule has 0 bridgehead atoms. The molecule has 1 N–H and O–H groups in total. The van der Waals surface area contributed by atoms with E-state index in [4.69, 9.17) is 14.2 Å². The van der Waals surface area contributed by atoms with Crippen LogP contribution in [0.3, 0.4) is 0 Å². The molecule has 0 aliphatic carbocycles. The number of nitrogens with one attached hydrogen (secondary N) is 1. The van der Waals surface area contributed by atoms with Gasteiger partial charge >= 0.3 is 0 Å². The molecule has 0 heterocycles. The van der Waals surface area contributed by atoms with Gasteiger partial charge in [-0.15, -0.1) is 0 Å². The van der Waals surface area contributed by atoms with E-state index in [1.807, 2.05) is 0 Å². The molecule has 0 aliphatic rings. The van der Waals surface area contributed by atoms with E-state index in [1.54, 1.807) is 32.4 Å². The topological polar surface area (TPSA) is 56.8 Å². The molecule has 0 aliphatic heterocycles. The van der Waals surface area contributed by atoms with Crippen LogP contribution in [-0.2, 0) is 9.53 Å². The molecule has 1 amide bonds. The molecule has 18 heavy (non-hydrogen) atoms. The Hall–Kier alpha value is -1.27. The minimum atomic E-state index is -0.193. The van der Waals surface area contributed by atoms with E-state index in [1.165, 1.54) is 0 Å². The lowest BCUT2D eigenvalue weighted by Gasteiger charge is -2.10. The second-order valence-corrected chi connectivity index (χ2v) is 4.20. The van der Waals surface area contributed by atoms with E-state index >= 15 is 0 Å². The Morgan fingerprint density at radius 1 is 1.33 bits per heavy atom. The molecule has 0 spiro atoms. The first kappa shape index (κ1) is 14.8. The van der Waals surface area contributed by atoms with Gasteiger partial charge in [0, 0.05) is 13.7 Å². The summed E-state index contributed by atoms with van der Waals surface area (Å²) in [4.78, 5) is 11.4. The van der Waals surface area contributed by atoms with Crippen molar-refractivity contribution in [1.29, 1.82) is 0 Å². The number of amides is 1. The summed E-state index contributed by atoms with van der Waals surface area (Å²) in [5, 5.41) is 2.67. The highest BCUT2D eigenvalue weighted by Gasteiger charge is 2.08. The Morgan fingerprint density at radius 2 is 2.06 bits per heavy atom. The Balaban J connectivity index is 2.46. The molecule has 0 saturated carbocycles. The minimum absolute atomic E-state index is 0.0461. The number of methoxy groups -OCH3 is 2. The summed E-state index contributed by atoms with van der Waals surface area (Å²) < 4.78 is 16.0. The van der Waals surface area contributed by atoms with Crippen molar-refractivity contribution in [3.05, 3.63) is 22.7 Å². The second-order valence-electron chi connectivity index (χ2n) is 3.40. The second kappa shape index (κ2) is 7.94. The van der Waals surface area contributed by atoms with Gasteiger partial charge in [0.1, 0.15) is 16.0 Å². The van der Waals surface area contributed by atoms with Crippen molar-refractivity contribution < 1.29 is 19.0 Å². The van der Waals surface area contributed by atoms with Crippen molar-refractivity contribution >= 4 is 21.8 Å². The van der Waals surface area contributed by atoms with Crippen LogP contribution in [-0.4, -0.2) is 39.9 Å². The summed E-state index contributed by atoms with van der Waals surface area (Å²) in [7, 11) is 3.15. The molecular formula is C12H16BrNO4. The highest BCUT2D eigenvalue weighted by atomic mass is 79.9. The van der Waals surface area contributed by atoms with Gasteiger partial charge in [0.2, 0.25) is 0 Å². The highest BCUT2D eigenvalue weighted by Crippen LogP contribution is 2.33. The Morgan fingerprint density at radius 3 is 2.72 bits per heavy atom. The van der Waals surface area contributed by atoms with Crippen LogP contribution >= 0.6 is 15.9 Å². The molecule has 0 aromatic heterocycles. The van der Waals surface area contributed by atoms with Gasteiger partial charge < -0.3 is 19.5 Å². The number of carbonyl (C=O) groups is 1. The quantitative estimate of drug-likeness (QED) is 0.776. The van der Waals surface area contributed by atoms with Gasteiger partial charge in [-0.1, -0.05) is 6.07 Å². The largest absolute Gasteiger partial charge is 0.495 e. The summed E-state index contributed by atoms with van der Waals surface area (Å²) in [6.07, 6.45) is 0. The van der Waals surface area contributed by atoms with E-state index in [-0.39, 0.29) is 12.5 Å². The highest BCUT2D eigenvalue weighted by molar-refractivity contribution is 9.10. The fourth-order valence-electron chi connectivity index (χ4n) is 1.25. The Labute approximate surface area is 115 Å². The lowest BCUT2D eigenvalue weighted by molar-refractivity contribution is -0.123. The SMILES string of the molecule is COCCNC(=O)COc1cccc(OC)c1Br. The van der Waals surface area contributed by atoms with Crippen LogP contribution in [0.2, 0.25) is 0 Å². The monoisotopic (exact) mass is 317 g/mol. The lowest BCUT2D eigenvalue weighted by atomic mass is 10.3. The number of ether oxygens (including phenoxy) is 3. The van der Waals surface area contributed by atoms with Gasteiger partial charge in [-0.2, -0.15) is 0 Å². The van der Waals surface area contributed by atoms with Gasteiger partial charge in [-0.25, -0.2) is 0 Å². The summed E-state index contributed by atoms with van der Waals surface area (Å²) in [5.41, 5.74) is 0. The summed E-state index contributed by atoms with van der Waals surface area (Å²) in [5.74, 6) is 1.03. The Kier molecular flexibility index (Phi) is 6.53. The average molecular weight is 318 g/mol. The maximum atomic E-state index is 11.4. The van der Waals surface area contributed by atoms with Crippen molar-refractivity contribution in [3.63, 3.8) is 0 Å². The van der Waals surface area contributed by atoms with Gasteiger partial charge in [0.15, 0.2) is 6.61 Å². The molecule has 0 fully saturated rings. The van der Waals surface area contributed by atoms with Crippen LogP contribution in [0.1, 0.15) is 0 Å². The molecule has 5 nitrogen and oxygen atoms in total. The Bertz CT molecular complexity index is 398. The third-order valence-electron chi connectivity index (χ3n) is 2.13. The van der Waals surface area contributed by atoms with Crippen LogP contribution < -0.4 is 14.8 Å². The van der Waals surface area contributed by atoms with E-state index in [0.29, 0.717) is 29.1 Å². The number of benzene rings is 1. The van der Waals surface area contributed by atoms with Crippen molar-refractivity contribution in [2.45, 2.75) is 0 Å². The minimum Gasteiger partial charge on any atom is -0.495 e. The van der Waals surface area contributed by atoms with E-state index in [9.17, 15) is 4.79 Å². The first-order chi connectivity index (χ1) is 8.69. The van der Waals surface area contributed by atoms with Crippen LogP contribution in [0, 0.1) is 0 Å². The number of halogens is 1. The molecule has 0 saturated heterocycles. The maximum Gasteiger partial charge on any atom is 0.258 e. The van der Waals surface area contributed by atoms with Gasteiger partial charge in [0.05, 0.1) is 13.7 Å². The smallest absolute Gasteiger partial charge is 0.258 e. The molecule has 6 heteroatoms. The molecule has 0 atom stereocenters. The zero-order valence-electron chi connectivity index (χ0n) is 10.4. The predicted molar refractivity (Wildman–Crippen MR) is 71.1 cm³/mol. The lowest BCUT2D eigenvalue weighted by Crippen LogP contribution is -2.31. The van der Waals surface area contributed by atoms with Crippen LogP contribution in [0.25, 0.3) is 0 Å². The van der Waals surface area contributed by atoms with Crippen molar-refractivity contribution in [1.82, 2.24) is 5.32 Å². The first-order valence-electron chi connectivity index (χ1n) is 5.40. The van der Waals surface area contributed by atoms with Gasteiger partial charge in [-0.3, -0.25) is 4.79 Å². The number of rotatable bonds is 7. The maximum absolute atomic E-state index is 11.4.